The molecule has 0 aliphatic heterocycles. The second-order valence-corrected chi connectivity index (χ2v) is 6.63. The smallest absolute Gasteiger partial charge is 0.252 e. The molecule has 0 bridgehead atoms. The normalized spacial score (nSPS) is 14.8. The third-order valence-electron chi connectivity index (χ3n) is 4.51. The van der Waals surface area contributed by atoms with Gasteiger partial charge in [-0.2, -0.15) is 0 Å². The number of aromatic amines is 1. The van der Waals surface area contributed by atoms with Gasteiger partial charge in [-0.25, -0.2) is 4.98 Å². The molecule has 1 atom stereocenters. The number of amides is 2. The van der Waals surface area contributed by atoms with Gasteiger partial charge in [0.25, 0.3) is 5.91 Å². The van der Waals surface area contributed by atoms with Gasteiger partial charge < -0.3 is 15.6 Å². The number of benzene rings is 2. The summed E-state index contributed by atoms with van der Waals surface area (Å²) in [5.41, 5.74) is 3.10. The fourth-order valence-electron chi connectivity index (χ4n) is 2.91. The maximum Gasteiger partial charge on any atom is 0.252 e. The third-order valence-corrected chi connectivity index (χ3v) is 4.51. The van der Waals surface area contributed by atoms with E-state index in [1.807, 2.05) is 30.3 Å². The van der Waals surface area contributed by atoms with E-state index in [-0.39, 0.29) is 17.9 Å². The van der Waals surface area contributed by atoms with Gasteiger partial charge in [0.1, 0.15) is 6.04 Å². The highest BCUT2D eigenvalue weighted by molar-refractivity contribution is 5.99. The van der Waals surface area contributed by atoms with Crippen molar-refractivity contribution in [1.29, 1.82) is 0 Å². The van der Waals surface area contributed by atoms with Gasteiger partial charge in [-0.3, -0.25) is 9.59 Å². The molecule has 1 fully saturated rings. The summed E-state index contributed by atoms with van der Waals surface area (Å²) in [4.78, 5) is 32.4. The first kappa shape index (κ1) is 16.3. The van der Waals surface area contributed by atoms with Gasteiger partial charge in [-0.05, 0) is 36.6 Å². The second kappa shape index (κ2) is 7.00. The zero-order chi connectivity index (χ0) is 17.9. The molecule has 132 valence electrons. The topological polar surface area (TPSA) is 86.9 Å². The van der Waals surface area contributed by atoms with Gasteiger partial charge >= 0.3 is 0 Å². The standard InChI is InChI=1S/C20H20N4O2/c25-19(14-6-9-16-17(11-14)22-12-21-16)24-18(20(26)23-15-7-8-15)10-13-4-2-1-3-5-13/h1-6,9,11-12,15,18H,7-8,10H2,(H,21,22)(H,23,26)(H,24,25)/t18-/m1/s1. The lowest BCUT2D eigenvalue weighted by Crippen LogP contribution is -2.48. The minimum absolute atomic E-state index is 0.132. The number of nitrogens with zero attached hydrogens (tertiary/aromatic N) is 1. The zero-order valence-electron chi connectivity index (χ0n) is 14.2. The van der Waals surface area contributed by atoms with Crippen LogP contribution in [0.2, 0.25) is 0 Å². The molecule has 0 radical (unpaired) electrons. The molecular weight excluding hydrogens is 328 g/mol. The first-order valence-electron chi connectivity index (χ1n) is 8.77. The lowest BCUT2D eigenvalue weighted by Gasteiger charge is -2.18. The van der Waals surface area contributed by atoms with E-state index in [1.54, 1.807) is 24.5 Å². The number of imidazole rings is 1. The third kappa shape index (κ3) is 3.74. The summed E-state index contributed by atoms with van der Waals surface area (Å²) in [6, 6.07) is 14.6. The minimum Gasteiger partial charge on any atom is -0.352 e. The van der Waals surface area contributed by atoms with Crippen molar-refractivity contribution >= 4 is 22.8 Å². The number of hydrogen-bond donors (Lipinski definition) is 3. The number of fused-ring (bicyclic) bond motifs is 1. The zero-order valence-corrected chi connectivity index (χ0v) is 14.2. The largest absolute Gasteiger partial charge is 0.352 e. The number of carbonyl (C=O) groups excluding carboxylic acids is 2. The molecule has 0 unspecified atom stereocenters. The Hall–Kier alpha value is -3.15. The molecule has 1 saturated carbocycles. The number of H-pyrrole nitrogens is 1. The quantitative estimate of drug-likeness (QED) is 0.638. The van der Waals surface area contributed by atoms with Crippen LogP contribution in [0.4, 0.5) is 0 Å². The second-order valence-electron chi connectivity index (χ2n) is 6.63. The Labute approximate surface area is 151 Å². The minimum atomic E-state index is -0.608. The number of hydrogen-bond acceptors (Lipinski definition) is 3. The van der Waals surface area contributed by atoms with Crippen LogP contribution in [0.1, 0.15) is 28.8 Å². The van der Waals surface area contributed by atoms with E-state index in [4.69, 9.17) is 0 Å². The predicted octanol–water partition coefficient (Wildman–Crippen LogP) is 2.18. The van der Waals surface area contributed by atoms with E-state index < -0.39 is 6.04 Å². The maximum atomic E-state index is 12.7. The average molecular weight is 348 g/mol. The Bertz CT molecular complexity index is 931. The van der Waals surface area contributed by atoms with Gasteiger partial charge in [0.2, 0.25) is 5.91 Å². The van der Waals surface area contributed by atoms with Gasteiger partial charge in [0.05, 0.1) is 17.4 Å². The lowest BCUT2D eigenvalue weighted by molar-refractivity contribution is -0.123. The molecule has 26 heavy (non-hydrogen) atoms. The van der Waals surface area contributed by atoms with Crippen molar-refractivity contribution in [2.45, 2.75) is 31.3 Å². The molecule has 4 rings (SSSR count). The van der Waals surface area contributed by atoms with Gasteiger partial charge in [0, 0.05) is 18.0 Å². The SMILES string of the molecule is O=C(N[C@H](Cc1ccccc1)C(=O)NC1CC1)c1ccc2nc[nH]c2c1. The van der Waals surface area contributed by atoms with Crippen molar-refractivity contribution in [3.05, 3.63) is 66.0 Å². The molecule has 6 nitrogen and oxygen atoms in total. The molecule has 3 N–H and O–H groups in total. The van der Waals surface area contributed by atoms with Crippen LogP contribution in [0.15, 0.2) is 54.9 Å². The van der Waals surface area contributed by atoms with Crippen molar-refractivity contribution < 1.29 is 9.59 Å². The van der Waals surface area contributed by atoms with Crippen LogP contribution in [-0.2, 0) is 11.2 Å². The Morgan fingerprint density at radius 1 is 1.15 bits per heavy atom. The van der Waals surface area contributed by atoms with Crippen LogP contribution in [0.25, 0.3) is 11.0 Å². The first-order valence-corrected chi connectivity index (χ1v) is 8.77. The molecule has 0 spiro atoms. The van der Waals surface area contributed by atoms with Crippen LogP contribution in [-0.4, -0.2) is 33.9 Å². The first-order chi connectivity index (χ1) is 12.7. The lowest BCUT2D eigenvalue weighted by atomic mass is 10.0. The van der Waals surface area contributed by atoms with E-state index in [2.05, 4.69) is 20.6 Å². The van der Waals surface area contributed by atoms with Crippen LogP contribution in [0, 0.1) is 0 Å². The van der Waals surface area contributed by atoms with Gasteiger partial charge in [-0.15, -0.1) is 0 Å². The van der Waals surface area contributed by atoms with Crippen LogP contribution in [0.5, 0.6) is 0 Å². The van der Waals surface area contributed by atoms with Crippen molar-refractivity contribution in [1.82, 2.24) is 20.6 Å². The van der Waals surface area contributed by atoms with Crippen LogP contribution >= 0.6 is 0 Å². The van der Waals surface area contributed by atoms with E-state index >= 15 is 0 Å². The summed E-state index contributed by atoms with van der Waals surface area (Å²) >= 11 is 0. The van der Waals surface area contributed by atoms with Gasteiger partial charge in [-0.1, -0.05) is 30.3 Å². The summed E-state index contributed by atoms with van der Waals surface area (Å²) in [6.45, 7) is 0. The molecule has 1 aliphatic carbocycles. The molecule has 6 heteroatoms. The highest BCUT2D eigenvalue weighted by atomic mass is 16.2. The summed E-state index contributed by atoms with van der Waals surface area (Å²) in [7, 11) is 0. The molecule has 1 heterocycles. The molecule has 1 aliphatic rings. The van der Waals surface area contributed by atoms with E-state index in [0.717, 1.165) is 29.4 Å². The average Bonchev–Trinajstić information content (AvgIpc) is 3.34. The van der Waals surface area contributed by atoms with Crippen molar-refractivity contribution in [2.75, 3.05) is 0 Å². The molecule has 0 saturated heterocycles. The fraction of sp³-hybridized carbons (Fsp3) is 0.250. The Kier molecular flexibility index (Phi) is 4.39. The molecule has 3 aromatic rings. The van der Waals surface area contributed by atoms with Crippen LogP contribution in [0.3, 0.4) is 0 Å². The molecule has 2 amide bonds. The Morgan fingerprint density at radius 3 is 2.73 bits per heavy atom. The number of nitrogens with one attached hydrogen (secondary N) is 3. The summed E-state index contributed by atoms with van der Waals surface area (Å²) < 4.78 is 0. The van der Waals surface area contributed by atoms with Crippen molar-refractivity contribution in [2.24, 2.45) is 0 Å². The summed E-state index contributed by atoms with van der Waals surface area (Å²) in [5, 5.41) is 5.87. The van der Waals surface area contributed by atoms with E-state index in [1.165, 1.54) is 0 Å². The van der Waals surface area contributed by atoms with Crippen molar-refractivity contribution in [3.8, 4) is 0 Å². The summed E-state index contributed by atoms with van der Waals surface area (Å²) in [5.74, 6) is -0.402. The Morgan fingerprint density at radius 2 is 1.96 bits per heavy atom. The number of carbonyl (C=O) groups is 2. The molecule has 2 aromatic carbocycles. The van der Waals surface area contributed by atoms with E-state index in [9.17, 15) is 9.59 Å². The monoisotopic (exact) mass is 348 g/mol. The highest BCUT2D eigenvalue weighted by Gasteiger charge is 2.28. The number of aromatic nitrogens is 2. The van der Waals surface area contributed by atoms with Gasteiger partial charge in [0.15, 0.2) is 0 Å². The Balaban J connectivity index is 1.52. The molecular formula is C20H20N4O2. The maximum absolute atomic E-state index is 12.7. The highest BCUT2D eigenvalue weighted by Crippen LogP contribution is 2.19. The fourth-order valence-corrected chi connectivity index (χ4v) is 2.91. The van der Waals surface area contributed by atoms with Crippen LogP contribution < -0.4 is 10.6 Å². The summed E-state index contributed by atoms with van der Waals surface area (Å²) in [6.07, 6.45) is 4.06. The molecule has 1 aromatic heterocycles. The van der Waals surface area contributed by atoms with Crippen molar-refractivity contribution in [3.63, 3.8) is 0 Å². The number of rotatable bonds is 6. The predicted molar refractivity (Wildman–Crippen MR) is 98.7 cm³/mol. The van der Waals surface area contributed by atoms with E-state index in [0.29, 0.717) is 12.0 Å².